The molecule has 1 fully saturated rings. The number of hydrogen-bond acceptors (Lipinski definition) is 3. The van der Waals surface area contributed by atoms with Crippen molar-refractivity contribution in [2.45, 2.75) is 46.1 Å². The number of carbonyl (C=O) groups excluding carboxylic acids is 1. The van der Waals surface area contributed by atoms with Crippen LogP contribution in [0.15, 0.2) is 30.5 Å². The Kier molecular flexibility index (Phi) is 6.09. The molecular weight excluding hydrogens is 326 g/mol. The molecule has 3 rings (SSSR count). The lowest BCUT2D eigenvalue weighted by molar-refractivity contribution is -0.0259. The van der Waals surface area contributed by atoms with Gasteiger partial charge in [0.15, 0.2) is 0 Å². The number of rotatable bonds is 6. The zero-order valence-corrected chi connectivity index (χ0v) is 16.0. The topological polar surface area (TPSA) is 58.2 Å². The lowest BCUT2D eigenvalue weighted by Crippen LogP contribution is -2.45. The summed E-state index contributed by atoms with van der Waals surface area (Å²) in [6.07, 6.45) is 5.14. The molecule has 0 bridgehead atoms. The lowest BCUT2D eigenvalue weighted by Gasteiger charge is -2.33. The van der Waals surface area contributed by atoms with E-state index in [-0.39, 0.29) is 12.0 Å². The summed E-state index contributed by atoms with van der Waals surface area (Å²) in [5.41, 5.74) is 3.58. The first-order valence-electron chi connectivity index (χ1n) is 9.56. The number of amides is 1. The van der Waals surface area contributed by atoms with E-state index in [9.17, 15) is 4.79 Å². The Balaban J connectivity index is 1.69. The molecule has 2 aromatic rings. The van der Waals surface area contributed by atoms with Gasteiger partial charge < -0.3 is 9.64 Å². The second kappa shape index (κ2) is 8.49. The number of aromatic amines is 1. The predicted molar refractivity (Wildman–Crippen MR) is 103 cm³/mol. The van der Waals surface area contributed by atoms with Gasteiger partial charge in [0.1, 0.15) is 0 Å². The van der Waals surface area contributed by atoms with Crippen molar-refractivity contribution in [1.29, 1.82) is 0 Å². The Bertz CT molecular complexity index is 738. The molecule has 2 heterocycles. The Morgan fingerprint density at radius 3 is 3.04 bits per heavy atom. The first-order valence-corrected chi connectivity index (χ1v) is 9.56. The first kappa shape index (κ1) is 18.6. The SMILES string of the molecule is Cc1cccc(-c2[nH]ncc2C(=O)N2CCOC(CCCC(C)C)C2)c1. The molecule has 1 aromatic heterocycles. The number of carbonyl (C=O) groups is 1. The summed E-state index contributed by atoms with van der Waals surface area (Å²) in [4.78, 5) is 15.0. The number of morpholine rings is 1. The molecule has 1 aliphatic heterocycles. The molecule has 5 heteroatoms. The van der Waals surface area contributed by atoms with Gasteiger partial charge in [0.05, 0.1) is 30.2 Å². The van der Waals surface area contributed by atoms with Crippen molar-refractivity contribution < 1.29 is 9.53 Å². The maximum atomic E-state index is 13.1. The molecule has 1 amide bonds. The van der Waals surface area contributed by atoms with E-state index in [1.54, 1.807) is 6.20 Å². The third-order valence-corrected chi connectivity index (χ3v) is 4.91. The van der Waals surface area contributed by atoms with E-state index in [2.05, 4.69) is 30.1 Å². The van der Waals surface area contributed by atoms with Crippen LogP contribution in [0.5, 0.6) is 0 Å². The molecule has 140 valence electrons. The van der Waals surface area contributed by atoms with E-state index in [0.29, 0.717) is 31.2 Å². The third-order valence-electron chi connectivity index (χ3n) is 4.91. The van der Waals surface area contributed by atoms with Crippen molar-refractivity contribution in [2.24, 2.45) is 5.92 Å². The van der Waals surface area contributed by atoms with E-state index >= 15 is 0 Å². The van der Waals surface area contributed by atoms with E-state index in [1.807, 2.05) is 30.0 Å². The van der Waals surface area contributed by atoms with Crippen LogP contribution in [0.3, 0.4) is 0 Å². The molecule has 0 aliphatic carbocycles. The van der Waals surface area contributed by atoms with Crippen LogP contribution in [0, 0.1) is 12.8 Å². The highest BCUT2D eigenvalue weighted by Crippen LogP contribution is 2.24. The van der Waals surface area contributed by atoms with E-state index in [1.165, 1.54) is 6.42 Å². The van der Waals surface area contributed by atoms with Crippen LogP contribution in [-0.2, 0) is 4.74 Å². The average Bonchev–Trinajstić information content (AvgIpc) is 3.11. The molecule has 1 aromatic carbocycles. The van der Waals surface area contributed by atoms with Gasteiger partial charge in [-0.25, -0.2) is 0 Å². The molecular formula is C21H29N3O2. The molecule has 1 aliphatic rings. The Morgan fingerprint density at radius 1 is 1.42 bits per heavy atom. The zero-order chi connectivity index (χ0) is 18.5. The van der Waals surface area contributed by atoms with Crippen LogP contribution in [-0.4, -0.2) is 46.8 Å². The number of hydrogen-bond donors (Lipinski definition) is 1. The summed E-state index contributed by atoms with van der Waals surface area (Å²) in [6.45, 7) is 8.43. The normalized spacial score (nSPS) is 17.7. The van der Waals surface area contributed by atoms with Crippen LogP contribution >= 0.6 is 0 Å². The van der Waals surface area contributed by atoms with Gasteiger partial charge >= 0.3 is 0 Å². The number of H-pyrrole nitrogens is 1. The zero-order valence-electron chi connectivity index (χ0n) is 16.0. The second-order valence-electron chi connectivity index (χ2n) is 7.60. The summed E-state index contributed by atoms with van der Waals surface area (Å²) in [7, 11) is 0. The predicted octanol–water partition coefficient (Wildman–Crippen LogP) is 4.05. The Hall–Kier alpha value is -2.14. The van der Waals surface area contributed by atoms with E-state index in [0.717, 1.165) is 29.7 Å². The van der Waals surface area contributed by atoms with Crippen molar-refractivity contribution in [3.63, 3.8) is 0 Å². The second-order valence-corrected chi connectivity index (χ2v) is 7.60. The number of nitrogens with zero attached hydrogens (tertiary/aromatic N) is 2. The minimum absolute atomic E-state index is 0.0346. The Morgan fingerprint density at radius 2 is 2.27 bits per heavy atom. The van der Waals surface area contributed by atoms with Gasteiger partial charge in [-0.2, -0.15) is 5.10 Å². The summed E-state index contributed by atoms with van der Waals surface area (Å²) >= 11 is 0. The monoisotopic (exact) mass is 355 g/mol. The fourth-order valence-electron chi connectivity index (χ4n) is 3.47. The summed E-state index contributed by atoms with van der Waals surface area (Å²) in [5, 5.41) is 7.13. The van der Waals surface area contributed by atoms with Crippen molar-refractivity contribution in [3.05, 3.63) is 41.6 Å². The minimum atomic E-state index is 0.0346. The lowest BCUT2D eigenvalue weighted by atomic mass is 10.0. The summed E-state index contributed by atoms with van der Waals surface area (Å²) in [6, 6.07) is 8.12. The molecule has 1 saturated heterocycles. The van der Waals surface area contributed by atoms with Gasteiger partial charge in [0.25, 0.3) is 5.91 Å². The van der Waals surface area contributed by atoms with E-state index < -0.39 is 0 Å². The van der Waals surface area contributed by atoms with Crippen LogP contribution in [0.4, 0.5) is 0 Å². The average molecular weight is 355 g/mol. The standard InChI is InChI=1S/C21H29N3O2/c1-15(2)6-4-9-18-14-24(10-11-26-18)21(25)19-13-22-23-20(19)17-8-5-7-16(3)12-17/h5,7-8,12-13,15,18H,4,6,9-11,14H2,1-3H3,(H,22,23). The highest BCUT2D eigenvalue weighted by atomic mass is 16.5. The molecule has 0 radical (unpaired) electrons. The van der Waals surface area contributed by atoms with Gasteiger partial charge in [-0.05, 0) is 25.3 Å². The van der Waals surface area contributed by atoms with E-state index in [4.69, 9.17) is 4.74 Å². The van der Waals surface area contributed by atoms with Gasteiger partial charge in [-0.1, -0.05) is 50.5 Å². The molecule has 1 unspecified atom stereocenters. The maximum Gasteiger partial charge on any atom is 0.257 e. The first-order chi connectivity index (χ1) is 12.5. The third kappa shape index (κ3) is 4.52. The van der Waals surface area contributed by atoms with Gasteiger partial charge in [0.2, 0.25) is 0 Å². The van der Waals surface area contributed by atoms with Crippen LogP contribution in [0.25, 0.3) is 11.3 Å². The fourth-order valence-corrected chi connectivity index (χ4v) is 3.47. The van der Waals surface area contributed by atoms with Crippen LogP contribution in [0.1, 0.15) is 49.0 Å². The number of aryl methyl sites for hydroxylation is 1. The van der Waals surface area contributed by atoms with Crippen molar-refractivity contribution in [1.82, 2.24) is 15.1 Å². The number of benzene rings is 1. The summed E-state index contributed by atoms with van der Waals surface area (Å²) < 4.78 is 5.87. The smallest absolute Gasteiger partial charge is 0.257 e. The number of ether oxygens (including phenoxy) is 1. The maximum absolute atomic E-state index is 13.1. The summed E-state index contributed by atoms with van der Waals surface area (Å²) in [5.74, 6) is 0.742. The number of nitrogens with one attached hydrogen (secondary N) is 1. The largest absolute Gasteiger partial charge is 0.375 e. The molecule has 0 saturated carbocycles. The number of aromatic nitrogens is 2. The Labute approximate surface area is 155 Å². The molecule has 1 atom stereocenters. The van der Waals surface area contributed by atoms with Crippen LogP contribution < -0.4 is 0 Å². The van der Waals surface area contributed by atoms with Crippen molar-refractivity contribution in [3.8, 4) is 11.3 Å². The quantitative estimate of drug-likeness (QED) is 0.850. The highest BCUT2D eigenvalue weighted by molar-refractivity contribution is 5.99. The highest BCUT2D eigenvalue weighted by Gasteiger charge is 2.27. The molecule has 5 nitrogen and oxygen atoms in total. The van der Waals surface area contributed by atoms with Crippen LogP contribution in [0.2, 0.25) is 0 Å². The van der Waals surface area contributed by atoms with Crippen molar-refractivity contribution in [2.75, 3.05) is 19.7 Å². The van der Waals surface area contributed by atoms with Crippen molar-refractivity contribution >= 4 is 5.91 Å². The fraction of sp³-hybridized carbons (Fsp3) is 0.524. The molecule has 26 heavy (non-hydrogen) atoms. The van der Waals surface area contributed by atoms with Gasteiger partial charge in [-0.15, -0.1) is 0 Å². The van der Waals surface area contributed by atoms with Gasteiger partial charge in [-0.3, -0.25) is 9.89 Å². The minimum Gasteiger partial charge on any atom is -0.375 e. The molecule has 0 spiro atoms. The molecule has 1 N–H and O–H groups in total. The van der Waals surface area contributed by atoms with Gasteiger partial charge in [0, 0.05) is 18.7 Å².